The van der Waals surface area contributed by atoms with E-state index in [1.807, 2.05) is 0 Å². The van der Waals surface area contributed by atoms with Crippen LogP contribution < -0.4 is 5.32 Å². The van der Waals surface area contributed by atoms with Gasteiger partial charge in [-0.15, -0.1) is 0 Å². The van der Waals surface area contributed by atoms with Crippen molar-refractivity contribution in [1.82, 2.24) is 15.1 Å². The number of likely N-dealkylation sites (N-methyl/N-ethyl adjacent to an activating group) is 1. The van der Waals surface area contributed by atoms with Gasteiger partial charge in [-0.25, -0.2) is 0 Å². The van der Waals surface area contributed by atoms with Crippen LogP contribution in [-0.2, 0) is 0 Å². The zero-order valence-corrected chi connectivity index (χ0v) is 10.2. The molecule has 1 N–H and O–H groups in total. The third-order valence-corrected chi connectivity index (χ3v) is 4.12. The van der Waals surface area contributed by atoms with Crippen LogP contribution in [-0.4, -0.2) is 62.7 Å². The Labute approximate surface area is 93.8 Å². The minimum atomic E-state index is 0.782. The van der Waals surface area contributed by atoms with Gasteiger partial charge in [0.15, 0.2) is 0 Å². The van der Waals surface area contributed by atoms with Crippen molar-refractivity contribution in [3.05, 3.63) is 0 Å². The van der Waals surface area contributed by atoms with E-state index in [0.717, 1.165) is 12.0 Å². The molecule has 2 rings (SSSR count). The Morgan fingerprint density at radius 3 is 2.53 bits per heavy atom. The van der Waals surface area contributed by atoms with E-state index < -0.39 is 0 Å². The van der Waals surface area contributed by atoms with Crippen molar-refractivity contribution < 1.29 is 0 Å². The van der Waals surface area contributed by atoms with Gasteiger partial charge in [0.1, 0.15) is 0 Å². The van der Waals surface area contributed by atoms with Crippen molar-refractivity contribution in [2.45, 2.75) is 25.3 Å². The van der Waals surface area contributed by atoms with Crippen LogP contribution in [0.15, 0.2) is 0 Å². The Morgan fingerprint density at radius 2 is 1.87 bits per heavy atom. The van der Waals surface area contributed by atoms with Crippen LogP contribution in [0.2, 0.25) is 0 Å². The third kappa shape index (κ3) is 2.92. The molecule has 0 aromatic rings. The van der Waals surface area contributed by atoms with Crippen molar-refractivity contribution in [1.29, 1.82) is 0 Å². The first kappa shape index (κ1) is 11.4. The van der Waals surface area contributed by atoms with E-state index in [9.17, 15) is 0 Å². The van der Waals surface area contributed by atoms with E-state index in [2.05, 4.69) is 29.2 Å². The van der Waals surface area contributed by atoms with Gasteiger partial charge in [-0.1, -0.05) is 6.42 Å². The van der Waals surface area contributed by atoms with Crippen LogP contribution in [0.1, 0.15) is 19.3 Å². The van der Waals surface area contributed by atoms with Crippen LogP contribution in [0.25, 0.3) is 0 Å². The zero-order chi connectivity index (χ0) is 10.7. The highest BCUT2D eigenvalue weighted by atomic mass is 15.2. The van der Waals surface area contributed by atoms with Crippen LogP contribution in [0.4, 0.5) is 0 Å². The SMILES string of the molecule is CNC1CCCC1CN1CCN(C)CC1. The highest BCUT2D eigenvalue weighted by Gasteiger charge is 2.28. The first-order valence-electron chi connectivity index (χ1n) is 6.38. The molecule has 3 nitrogen and oxygen atoms in total. The molecule has 0 amide bonds. The molecule has 1 aliphatic carbocycles. The lowest BCUT2D eigenvalue weighted by Gasteiger charge is -2.35. The maximum absolute atomic E-state index is 3.48. The number of piperazine rings is 1. The van der Waals surface area contributed by atoms with Gasteiger partial charge < -0.3 is 15.1 Å². The minimum Gasteiger partial charge on any atom is -0.317 e. The third-order valence-electron chi connectivity index (χ3n) is 4.12. The fourth-order valence-electron chi connectivity index (χ4n) is 3.00. The topological polar surface area (TPSA) is 18.5 Å². The summed E-state index contributed by atoms with van der Waals surface area (Å²) in [5.74, 6) is 0.901. The summed E-state index contributed by atoms with van der Waals surface area (Å²) in [6.07, 6.45) is 4.23. The van der Waals surface area contributed by atoms with Crippen molar-refractivity contribution in [2.75, 3.05) is 46.8 Å². The second kappa shape index (κ2) is 5.28. The fourth-order valence-corrected chi connectivity index (χ4v) is 3.00. The van der Waals surface area contributed by atoms with Crippen molar-refractivity contribution in [2.24, 2.45) is 5.92 Å². The monoisotopic (exact) mass is 211 g/mol. The summed E-state index contributed by atoms with van der Waals surface area (Å²) >= 11 is 0. The molecule has 0 bridgehead atoms. The van der Waals surface area contributed by atoms with Crippen LogP contribution >= 0.6 is 0 Å². The molecule has 1 heterocycles. The molecule has 15 heavy (non-hydrogen) atoms. The smallest absolute Gasteiger partial charge is 0.0110 e. The molecule has 2 aliphatic rings. The number of hydrogen-bond acceptors (Lipinski definition) is 3. The number of nitrogens with one attached hydrogen (secondary N) is 1. The lowest BCUT2D eigenvalue weighted by molar-refractivity contribution is 0.131. The van der Waals surface area contributed by atoms with Crippen LogP contribution in [0.5, 0.6) is 0 Å². The molecule has 0 radical (unpaired) electrons. The van der Waals surface area contributed by atoms with Gasteiger partial charge in [0.25, 0.3) is 0 Å². The molecule has 1 saturated carbocycles. The maximum Gasteiger partial charge on any atom is 0.0110 e. The standard InChI is InChI=1S/C12H25N3/c1-13-12-5-3-4-11(12)10-15-8-6-14(2)7-9-15/h11-13H,3-10H2,1-2H3. The molecule has 2 fully saturated rings. The second-order valence-electron chi connectivity index (χ2n) is 5.19. The van der Waals surface area contributed by atoms with E-state index in [0.29, 0.717) is 0 Å². The fraction of sp³-hybridized carbons (Fsp3) is 1.00. The summed E-state index contributed by atoms with van der Waals surface area (Å²) in [6, 6.07) is 0.782. The van der Waals surface area contributed by atoms with Crippen molar-refractivity contribution in [3.8, 4) is 0 Å². The first-order chi connectivity index (χ1) is 7.29. The lowest BCUT2D eigenvalue weighted by atomic mass is 10.0. The van der Waals surface area contributed by atoms with E-state index in [1.54, 1.807) is 0 Å². The molecule has 0 spiro atoms. The zero-order valence-electron chi connectivity index (χ0n) is 10.2. The second-order valence-corrected chi connectivity index (χ2v) is 5.19. The molecule has 0 aromatic carbocycles. The summed E-state index contributed by atoms with van der Waals surface area (Å²) < 4.78 is 0. The van der Waals surface area contributed by atoms with Gasteiger partial charge in [-0.2, -0.15) is 0 Å². The first-order valence-corrected chi connectivity index (χ1v) is 6.38. The van der Waals surface area contributed by atoms with Gasteiger partial charge >= 0.3 is 0 Å². The molecular weight excluding hydrogens is 186 g/mol. The molecule has 1 saturated heterocycles. The Balaban J connectivity index is 1.76. The average molecular weight is 211 g/mol. The van der Waals surface area contributed by atoms with E-state index in [4.69, 9.17) is 0 Å². The molecule has 0 aromatic heterocycles. The Bertz CT molecular complexity index is 187. The van der Waals surface area contributed by atoms with E-state index in [-0.39, 0.29) is 0 Å². The van der Waals surface area contributed by atoms with Crippen molar-refractivity contribution >= 4 is 0 Å². The Kier molecular flexibility index (Phi) is 4.00. The number of hydrogen-bond donors (Lipinski definition) is 1. The predicted octanol–water partition coefficient (Wildman–Crippen LogP) is 0.622. The highest BCUT2D eigenvalue weighted by molar-refractivity contribution is 4.85. The largest absolute Gasteiger partial charge is 0.317 e. The Hall–Kier alpha value is -0.120. The number of rotatable bonds is 3. The normalized spacial score (nSPS) is 34.8. The lowest BCUT2D eigenvalue weighted by Crippen LogP contribution is -2.47. The minimum absolute atomic E-state index is 0.782. The highest BCUT2D eigenvalue weighted by Crippen LogP contribution is 2.26. The van der Waals surface area contributed by atoms with E-state index >= 15 is 0 Å². The summed E-state index contributed by atoms with van der Waals surface area (Å²) in [6.45, 7) is 6.35. The quantitative estimate of drug-likeness (QED) is 0.738. The van der Waals surface area contributed by atoms with Gasteiger partial charge in [0, 0.05) is 38.8 Å². The Morgan fingerprint density at radius 1 is 1.13 bits per heavy atom. The van der Waals surface area contributed by atoms with Gasteiger partial charge in [-0.05, 0) is 32.9 Å². The molecule has 1 aliphatic heterocycles. The molecule has 2 atom stereocenters. The van der Waals surface area contributed by atoms with Crippen LogP contribution in [0.3, 0.4) is 0 Å². The number of nitrogens with zero attached hydrogens (tertiary/aromatic N) is 2. The maximum atomic E-state index is 3.48. The van der Waals surface area contributed by atoms with E-state index in [1.165, 1.54) is 52.0 Å². The molecule has 2 unspecified atom stereocenters. The van der Waals surface area contributed by atoms with Gasteiger partial charge in [-0.3, -0.25) is 0 Å². The van der Waals surface area contributed by atoms with Gasteiger partial charge in [0.2, 0.25) is 0 Å². The molecular formula is C12H25N3. The van der Waals surface area contributed by atoms with Gasteiger partial charge in [0.05, 0.1) is 0 Å². The average Bonchev–Trinajstić information content (AvgIpc) is 2.69. The summed E-state index contributed by atoms with van der Waals surface area (Å²) in [5, 5.41) is 3.48. The van der Waals surface area contributed by atoms with Crippen molar-refractivity contribution in [3.63, 3.8) is 0 Å². The summed E-state index contributed by atoms with van der Waals surface area (Å²) in [4.78, 5) is 5.08. The summed E-state index contributed by atoms with van der Waals surface area (Å²) in [5.41, 5.74) is 0. The van der Waals surface area contributed by atoms with Crippen LogP contribution in [0, 0.1) is 5.92 Å². The summed E-state index contributed by atoms with van der Waals surface area (Å²) in [7, 11) is 4.34. The molecule has 3 heteroatoms. The molecule has 88 valence electrons. The predicted molar refractivity (Wildman–Crippen MR) is 64.1 cm³/mol.